The lowest BCUT2D eigenvalue weighted by molar-refractivity contribution is -0.384. The SMILES string of the molecule is O=[N+]([O-])c1ccc(/C=C/C2NCC3CCCC32)cc1. The van der Waals surface area contributed by atoms with Crippen LogP contribution in [-0.2, 0) is 0 Å². The van der Waals surface area contributed by atoms with Gasteiger partial charge in [-0.2, -0.15) is 0 Å². The first-order chi connectivity index (χ1) is 9.24. The molecule has 19 heavy (non-hydrogen) atoms. The van der Waals surface area contributed by atoms with E-state index in [2.05, 4.69) is 17.5 Å². The minimum Gasteiger partial charge on any atom is -0.310 e. The summed E-state index contributed by atoms with van der Waals surface area (Å²) in [5.41, 5.74) is 1.17. The van der Waals surface area contributed by atoms with Gasteiger partial charge in [-0.15, -0.1) is 0 Å². The third kappa shape index (κ3) is 2.54. The maximum Gasteiger partial charge on any atom is 0.269 e. The van der Waals surface area contributed by atoms with Crippen LogP contribution in [0, 0.1) is 22.0 Å². The highest BCUT2D eigenvalue weighted by atomic mass is 16.6. The Morgan fingerprint density at radius 1 is 1.26 bits per heavy atom. The van der Waals surface area contributed by atoms with Crippen molar-refractivity contribution in [3.8, 4) is 0 Å². The monoisotopic (exact) mass is 258 g/mol. The minimum atomic E-state index is -0.366. The van der Waals surface area contributed by atoms with Crippen molar-refractivity contribution < 1.29 is 4.92 Å². The van der Waals surface area contributed by atoms with Crippen LogP contribution < -0.4 is 5.32 Å². The third-order valence-corrected chi connectivity index (χ3v) is 4.39. The zero-order valence-corrected chi connectivity index (χ0v) is 10.8. The summed E-state index contributed by atoms with van der Waals surface area (Å²) in [6.07, 6.45) is 8.34. The van der Waals surface area contributed by atoms with Crippen molar-refractivity contribution >= 4 is 11.8 Å². The summed E-state index contributed by atoms with van der Waals surface area (Å²) in [5, 5.41) is 14.1. The summed E-state index contributed by atoms with van der Waals surface area (Å²) >= 11 is 0. The fourth-order valence-corrected chi connectivity index (χ4v) is 3.36. The molecule has 3 unspecified atom stereocenters. The van der Waals surface area contributed by atoms with Gasteiger partial charge in [-0.05, 0) is 48.9 Å². The summed E-state index contributed by atoms with van der Waals surface area (Å²) in [6, 6.07) is 7.19. The van der Waals surface area contributed by atoms with Gasteiger partial charge >= 0.3 is 0 Å². The Morgan fingerprint density at radius 3 is 2.79 bits per heavy atom. The highest BCUT2D eigenvalue weighted by Gasteiger charge is 2.37. The van der Waals surface area contributed by atoms with Gasteiger partial charge in [0, 0.05) is 18.2 Å². The number of hydrogen-bond acceptors (Lipinski definition) is 3. The number of nitro groups is 1. The Bertz CT molecular complexity index is 495. The molecule has 1 saturated carbocycles. The lowest BCUT2D eigenvalue weighted by atomic mass is 9.93. The lowest BCUT2D eigenvalue weighted by Gasteiger charge is -2.13. The van der Waals surface area contributed by atoms with E-state index in [9.17, 15) is 10.1 Å². The Balaban J connectivity index is 1.67. The number of benzene rings is 1. The highest BCUT2D eigenvalue weighted by Crippen LogP contribution is 2.38. The van der Waals surface area contributed by atoms with Crippen molar-refractivity contribution in [3.05, 3.63) is 46.0 Å². The van der Waals surface area contributed by atoms with Crippen LogP contribution in [0.1, 0.15) is 24.8 Å². The first-order valence-corrected chi connectivity index (χ1v) is 6.90. The first kappa shape index (κ1) is 12.4. The van der Waals surface area contributed by atoms with Crippen LogP contribution in [0.25, 0.3) is 6.08 Å². The molecule has 0 radical (unpaired) electrons. The Hall–Kier alpha value is -1.68. The summed E-state index contributed by atoms with van der Waals surface area (Å²) in [4.78, 5) is 10.2. The largest absolute Gasteiger partial charge is 0.310 e. The maximum atomic E-state index is 10.6. The van der Waals surface area contributed by atoms with E-state index in [1.807, 2.05) is 0 Å². The zero-order valence-electron chi connectivity index (χ0n) is 10.8. The molecule has 3 rings (SSSR count). The molecule has 2 aliphatic rings. The lowest BCUT2D eigenvalue weighted by Crippen LogP contribution is -2.23. The summed E-state index contributed by atoms with van der Waals surface area (Å²) in [6.45, 7) is 1.14. The van der Waals surface area contributed by atoms with E-state index in [0.29, 0.717) is 6.04 Å². The summed E-state index contributed by atoms with van der Waals surface area (Å²) in [5.74, 6) is 1.64. The number of hydrogen-bond donors (Lipinski definition) is 1. The molecule has 0 amide bonds. The second kappa shape index (κ2) is 5.13. The van der Waals surface area contributed by atoms with Crippen molar-refractivity contribution in [2.45, 2.75) is 25.3 Å². The third-order valence-electron chi connectivity index (χ3n) is 4.39. The van der Waals surface area contributed by atoms with E-state index >= 15 is 0 Å². The number of nitro benzene ring substituents is 1. The predicted octanol–water partition coefficient (Wildman–Crippen LogP) is 3.00. The van der Waals surface area contributed by atoms with E-state index in [4.69, 9.17) is 0 Å². The number of rotatable bonds is 3. The Labute approximate surface area is 112 Å². The zero-order chi connectivity index (χ0) is 13.2. The van der Waals surface area contributed by atoms with Gasteiger partial charge in [0.15, 0.2) is 0 Å². The molecule has 4 heteroatoms. The Morgan fingerprint density at radius 2 is 2.05 bits per heavy atom. The normalized spacial score (nSPS) is 29.8. The van der Waals surface area contributed by atoms with Gasteiger partial charge in [0.2, 0.25) is 0 Å². The van der Waals surface area contributed by atoms with Gasteiger partial charge in [-0.1, -0.05) is 18.6 Å². The van der Waals surface area contributed by atoms with Gasteiger partial charge in [-0.25, -0.2) is 0 Å². The number of nitrogens with one attached hydrogen (secondary N) is 1. The molecule has 0 spiro atoms. The Kier molecular flexibility index (Phi) is 3.34. The summed E-state index contributed by atoms with van der Waals surface area (Å²) in [7, 11) is 0. The average Bonchev–Trinajstić information content (AvgIpc) is 3.00. The second-order valence-electron chi connectivity index (χ2n) is 5.50. The van der Waals surface area contributed by atoms with E-state index in [-0.39, 0.29) is 10.6 Å². The van der Waals surface area contributed by atoms with Gasteiger partial charge in [0.25, 0.3) is 5.69 Å². The number of fused-ring (bicyclic) bond motifs is 1. The molecular weight excluding hydrogens is 240 g/mol. The molecular formula is C15H18N2O2. The predicted molar refractivity (Wildman–Crippen MR) is 74.8 cm³/mol. The molecule has 1 aliphatic carbocycles. The van der Waals surface area contributed by atoms with Gasteiger partial charge in [0.05, 0.1) is 4.92 Å². The number of non-ortho nitro benzene ring substituents is 1. The van der Waals surface area contributed by atoms with E-state index in [0.717, 1.165) is 23.9 Å². The van der Waals surface area contributed by atoms with Crippen LogP contribution in [0.15, 0.2) is 30.3 Å². The molecule has 0 aromatic heterocycles. The second-order valence-corrected chi connectivity index (χ2v) is 5.50. The molecule has 1 heterocycles. The molecule has 2 fully saturated rings. The molecule has 3 atom stereocenters. The molecule has 1 saturated heterocycles. The van der Waals surface area contributed by atoms with Crippen molar-refractivity contribution in [1.29, 1.82) is 0 Å². The quantitative estimate of drug-likeness (QED) is 0.669. The molecule has 0 bridgehead atoms. The van der Waals surface area contributed by atoms with Crippen molar-refractivity contribution in [3.63, 3.8) is 0 Å². The van der Waals surface area contributed by atoms with Gasteiger partial charge in [-0.3, -0.25) is 10.1 Å². The van der Waals surface area contributed by atoms with E-state index in [1.54, 1.807) is 24.3 Å². The fourth-order valence-electron chi connectivity index (χ4n) is 3.36. The van der Waals surface area contributed by atoms with E-state index < -0.39 is 0 Å². The molecule has 1 aliphatic heterocycles. The first-order valence-electron chi connectivity index (χ1n) is 6.90. The fraction of sp³-hybridized carbons (Fsp3) is 0.467. The van der Waals surface area contributed by atoms with E-state index in [1.165, 1.54) is 19.3 Å². The van der Waals surface area contributed by atoms with Crippen LogP contribution in [0.3, 0.4) is 0 Å². The van der Waals surface area contributed by atoms with Crippen LogP contribution in [-0.4, -0.2) is 17.5 Å². The minimum absolute atomic E-state index is 0.145. The van der Waals surface area contributed by atoms with Crippen molar-refractivity contribution in [2.24, 2.45) is 11.8 Å². The van der Waals surface area contributed by atoms with Crippen LogP contribution in [0.4, 0.5) is 5.69 Å². The standard InChI is InChI=1S/C15H18N2O2/c18-17(19)13-7-4-11(5-8-13)6-9-15-14-3-1-2-12(14)10-16-15/h4-9,12,14-16H,1-3,10H2/b9-6+. The molecule has 100 valence electrons. The van der Waals surface area contributed by atoms with Crippen LogP contribution in [0.2, 0.25) is 0 Å². The molecule has 1 N–H and O–H groups in total. The van der Waals surface area contributed by atoms with Crippen molar-refractivity contribution in [2.75, 3.05) is 6.54 Å². The summed E-state index contributed by atoms with van der Waals surface area (Å²) < 4.78 is 0. The van der Waals surface area contributed by atoms with Gasteiger partial charge in [0.1, 0.15) is 0 Å². The molecule has 1 aromatic rings. The van der Waals surface area contributed by atoms with Crippen LogP contribution >= 0.6 is 0 Å². The van der Waals surface area contributed by atoms with Crippen molar-refractivity contribution in [1.82, 2.24) is 5.32 Å². The van der Waals surface area contributed by atoms with Gasteiger partial charge < -0.3 is 5.32 Å². The molecule has 4 nitrogen and oxygen atoms in total. The maximum absolute atomic E-state index is 10.6. The number of nitrogens with zero attached hydrogens (tertiary/aromatic N) is 1. The average molecular weight is 258 g/mol. The molecule has 1 aromatic carbocycles. The topological polar surface area (TPSA) is 55.2 Å². The highest BCUT2D eigenvalue weighted by molar-refractivity contribution is 5.52. The smallest absolute Gasteiger partial charge is 0.269 e. The van der Waals surface area contributed by atoms with Crippen LogP contribution in [0.5, 0.6) is 0 Å².